The van der Waals surface area contributed by atoms with Crippen LogP contribution < -0.4 is 0 Å². The molecule has 0 saturated carbocycles. The molecule has 0 aromatic carbocycles. The van der Waals surface area contributed by atoms with Crippen LogP contribution in [-0.2, 0) is 19.2 Å². The monoisotopic (exact) mass is 199 g/mol. The molecule has 0 aromatic rings. The second-order valence-electron chi connectivity index (χ2n) is 0. The average Bonchev–Trinajstić information content (AvgIpc) is 1.50. The van der Waals surface area contributed by atoms with Gasteiger partial charge in [-0.1, -0.05) is 0 Å². The van der Waals surface area contributed by atoms with Gasteiger partial charge in [-0.25, -0.2) is 0 Å². The predicted octanol–water partition coefficient (Wildman–Crippen LogP) is -3.79. The zero-order valence-corrected chi connectivity index (χ0v) is 6.99. The number of hydrogen-bond donors (Lipinski definition) is 0. The van der Waals surface area contributed by atoms with E-state index in [2.05, 4.69) is 15.4 Å². The van der Waals surface area contributed by atoms with Gasteiger partial charge in [-0.05, 0) is 0 Å². The van der Waals surface area contributed by atoms with Crippen LogP contribution in [0.25, 0.3) is 0 Å². The Kier molecular flexibility index (Phi) is 163. The molecular formula is H8AlCaFeMgOSi. The molecule has 0 heterocycles. The molecule has 0 fully saturated rings. The Balaban J connectivity index is -0.00000000500. The fourth-order valence-corrected chi connectivity index (χ4v) is 0. The van der Waals surface area contributed by atoms with Crippen LogP contribution in [0.3, 0.4) is 0 Å². The van der Waals surface area contributed by atoms with Crippen LogP contribution in [-0.4, -0.2) is 85.9 Å². The van der Waals surface area contributed by atoms with Gasteiger partial charge in [-0.3, -0.25) is 0 Å². The number of rotatable bonds is 0. The van der Waals surface area contributed by atoms with Crippen molar-refractivity contribution in [3.63, 3.8) is 0 Å². The molecule has 0 aliphatic rings. The molecule has 0 radical (unpaired) electrons. The molecular weight excluding hydrogens is 191 g/mol. The molecule has 0 aliphatic heterocycles. The summed E-state index contributed by atoms with van der Waals surface area (Å²) in [5, 5.41) is 0. The third-order valence-electron chi connectivity index (χ3n) is 0. The molecule has 0 amide bonds. The molecule has 0 unspecified atom stereocenters. The van der Waals surface area contributed by atoms with E-state index in [1.807, 2.05) is 0 Å². The summed E-state index contributed by atoms with van der Waals surface area (Å²) in [6.45, 7) is 0. The molecule has 6 heteroatoms. The Hall–Kier alpha value is 3.09. The summed E-state index contributed by atoms with van der Waals surface area (Å²) in [4.78, 5) is 0. The van der Waals surface area contributed by atoms with Gasteiger partial charge < -0.3 is 0 Å². The molecule has 0 saturated heterocycles. The van der Waals surface area contributed by atoms with Gasteiger partial charge in [0.2, 0.25) is 0 Å². The molecule has 0 spiro atoms. The van der Waals surface area contributed by atoms with Gasteiger partial charge in [0.05, 0.1) is 0 Å². The van der Waals surface area contributed by atoms with Crippen molar-refractivity contribution in [3.8, 4) is 0 Å². The zero-order valence-electron chi connectivity index (χ0n) is 2.47. The van der Waals surface area contributed by atoms with Gasteiger partial charge in [-0.2, -0.15) is 0 Å². The third kappa shape index (κ3) is 27.5. The van der Waals surface area contributed by atoms with Crippen LogP contribution in [0.15, 0.2) is 0 Å². The van der Waals surface area contributed by atoms with E-state index < -0.39 is 0 Å². The quantitative estimate of drug-likeness (QED) is 0.366. The number of hydrogen-bond acceptors (Lipinski definition) is 1. The molecule has 0 rings (SSSR count). The van der Waals surface area contributed by atoms with Crippen LogP contribution >= 0.6 is 0 Å². The molecule has 0 atom stereocenters. The first kappa shape index (κ1) is 23.0. The van der Waals surface area contributed by atoms with E-state index in [1.54, 1.807) is 0 Å². The first-order valence-corrected chi connectivity index (χ1v) is 5.24. The third-order valence-corrected chi connectivity index (χ3v) is 0. The van der Waals surface area contributed by atoms with Crippen molar-refractivity contribution in [1.29, 1.82) is 0 Å². The second kappa shape index (κ2) is 42.5. The van der Waals surface area contributed by atoms with Crippen molar-refractivity contribution < 1.29 is 19.2 Å². The molecule has 0 aliphatic carbocycles. The Morgan fingerprint density at radius 3 is 1.33 bits per heavy atom. The summed E-state index contributed by atoms with van der Waals surface area (Å²) in [7, 11) is 1.06. The summed E-state index contributed by atoms with van der Waals surface area (Å²) in [5.41, 5.74) is 0. The summed E-state index contributed by atoms with van der Waals surface area (Å²) in [6.07, 6.45) is 0. The van der Waals surface area contributed by atoms with Crippen molar-refractivity contribution in [2.24, 2.45) is 0 Å². The fourth-order valence-electron chi connectivity index (χ4n) is 0. The van der Waals surface area contributed by atoms with Crippen molar-refractivity contribution in [1.82, 2.24) is 0 Å². The van der Waals surface area contributed by atoms with Crippen molar-refractivity contribution in [3.05, 3.63) is 0 Å². The average molecular weight is 199 g/mol. The van der Waals surface area contributed by atoms with Crippen LogP contribution in [0.5, 0.6) is 0 Å². The summed E-state index contributed by atoms with van der Waals surface area (Å²) < 4.78 is 8.28. The van der Waals surface area contributed by atoms with Gasteiger partial charge in [0.1, 0.15) is 0 Å². The Morgan fingerprint density at radius 1 is 1.33 bits per heavy atom. The summed E-state index contributed by atoms with van der Waals surface area (Å²) >= 11 is 4.00. The minimum absolute atomic E-state index is 0. The van der Waals surface area contributed by atoms with Gasteiger partial charge in [0.15, 0.2) is 0 Å². The first-order valence-electron chi connectivity index (χ1n) is 0.642. The van der Waals surface area contributed by atoms with E-state index in [-0.39, 0.29) is 60.8 Å². The fraction of sp³-hybridized carbons (Fsp3) is 0. The van der Waals surface area contributed by atoms with E-state index in [4.69, 9.17) is 3.80 Å². The molecule has 33 valence electrons. The standard InChI is InChI=1S/Al.Ca.Fe.Mg.O.H3Si.5H/h;;;;;1H3;;;;;. The zero-order chi connectivity index (χ0) is 4.00. The molecule has 0 N–H and O–H groups in total. The van der Waals surface area contributed by atoms with Crippen molar-refractivity contribution in [2.75, 3.05) is 0 Å². The van der Waals surface area contributed by atoms with E-state index in [1.165, 1.54) is 0 Å². The van der Waals surface area contributed by atoms with Gasteiger partial charge in [0, 0.05) is 0 Å². The van der Waals surface area contributed by atoms with Crippen LogP contribution in [0, 0.1) is 0 Å². The first-order chi connectivity index (χ1) is 2.00. The molecule has 0 bridgehead atoms. The molecule has 1 nitrogen and oxygen atoms in total. The van der Waals surface area contributed by atoms with Gasteiger partial charge in [0.25, 0.3) is 0 Å². The maximum atomic E-state index is 8.28. The van der Waals surface area contributed by atoms with Gasteiger partial charge >= 0.3 is 105 Å². The van der Waals surface area contributed by atoms with E-state index in [0.29, 0.717) is 16.2 Å². The van der Waals surface area contributed by atoms with E-state index in [0.717, 1.165) is 8.85 Å². The van der Waals surface area contributed by atoms with Crippen molar-refractivity contribution >= 4 is 85.9 Å². The van der Waals surface area contributed by atoms with Crippen LogP contribution in [0.1, 0.15) is 0 Å². The van der Waals surface area contributed by atoms with E-state index in [9.17, 15) is 0 Å². The van der Waals surface area contributed by atoms with Gasteiger partial charge in [-0.15, -0.1) is 0 Å². The van der Waals surface area contributed by atoms with Crippen LogP contribution in [0.2, 0.25) is 0 Å². The molecule has 6 heavy (non-hydrogen) atoms. The SMILES string of the molecule is [CaH2].[MgH2].[O]=[AlH].[SiH3][Fe]. The Bertz CT molecular complexity index is 15.5. The van der Waals surface area contributed by atoms with E-state index >= 15 is 0 Å². The summed E-state index contributed by atoms with van der Waals surface area (Å²) in [5.74, 6) is 0. The van der Waals surface area contributed by atoms with Crippen LogP contribution in [0.4, 0.5) is 0 Å². The minimum atomic E-state index is 0. The second-order valence-corrected chi connectivity index (χ2v) is 0. The van der Waals surface area contributed by atoms with Crippen molar-refractivity contribution in [2.45, 2.75) is 0 Å². The maximum absolute atomic E-state index is 8.28. The normalized spacial score (nSPS) is 2.00. The summed E-state index contributed by atoms with van der Waals surface area (Å²) in [6, 6.07) is 0. The molecule has 0 aromatic heterocycles. The predicted molar refractivity (Wildman–Crippen MR) is 34.9 cm³/mol. The Morgan fingerprint density at radius 2 is 1.33 bits per heavy atom. The Labute approximate surface area is 103 Å². The topological polar surface area (TPSA) is 17.1 Å².